The van der Waals surface area contributed by atoms with Gasteiger partial charge in [-0.25, -0.2) is 4.98 Å². The second-order valence-electron chi connectivity index (χ2n) is 7.75. The van der Waals surface area contributed by atoms with Gasteiger partial charge in [-0.05, 0) is 58.2 Å². The zero-order valence-corrected chi connectivity index (χ0v) is 14.7. The van der Waals surface area contributed by atoms with Crippen LogP contribution in [-0.2, 0) is 0 Å². The lowest BCUT2D eigenvalue weighted by Crippen LogP contribution is -2.37. The summed E-state index contributed by atoms with van der Waals surface area (Å²) in [4.78, 5) is 22.4. The van der Waals surface area contributed by atoms with Crippen LogP contribution in [0, 0.1) is 6.92 Å². The molecule has 1 unspecified atom stereocenters. The molecule has 4 heterocycles. The fourth-order valence-electron chi connectivity index (χ4n) is 4.37. The molecule has 0 bridgehead atoms. The summed E-state index contributed by atoms with van der Waals surface area (Å²) in [6.07, 6.45) is 5.97. The van der Waals surface area contributed by atoms with Gasteiger partial charge in [0.25, 0.3) is 11.6 Å². The van der Waals surface area contributed by atoms with Gasteiger partial charge >= 0.3 is 0 Å². The largest absolute Gasteiger partial charge is 0.337 e. The highest BCUT2D eigenvalue weighted by atomic mass is 16.5. The van der Waals surface area contributed by atoms with Crippen molar-refractivity contribution in [2.45, 2.75) is 51.0 Å². The minimum atomic E-state index is 0.113. The van der Waals surface area contributed by atoms with Gasteiger partial charge in [-0.1, -0.05) is 5.16 Å². The summed E-state index contributed by atoms with van der Waals surface area (Å²) in [5, 5.41) is 4.84. The molecule has 2 aliphatic heterocycles. The van der Waals surface area contributed by atoms with E-state index in [2.05, 4.69) is 15.0 Å². The molecule has 25 heavy (non-hydrogen) atoms. The average molecular weight is 340 g/mol. The zero-order valence-electron chi connectivity index (χ0n) is 14.7. The lowest BCUT2D eigenvalue weighted by molar-refractivity contribution is 0.0781. The van der Waals surface area contributed by atoms with Crippen LogP contribution in [0.1, 0.15) is 59.8 Å². The second-order valence-corrected chi connectivity index (χ2v) is 7.75. The Balaban J connectivity index is 1.45. The molecular formula is C19H24N4O2. The minimum absolute atomic E-state index is 0.113. The molecule has 2 saturated heterocycles. The third kappa shape index (κ3) is 2.63. The number of hydrogen-bond acceptors (Lipinski definition) is 5. The standard InChI is InChI=1S/C19H24N4O2/c1-12-17-15(10-16(13-4-5-13)20-18(17)25-21-12)19(24)23-9-6-14(11-23)22-7-2-3-8-22/h10,13-14H,2-9,11H2,1H3. The Morgan fingerprint density at radius 3 is 2.76 bits per heavy atom. The van der Waals surface area contributed by atoms with Gasteiger partial charge in [-0.3, -0.25) is 9.69 Å². The van der Waals surface area contributed by atoms with Gasteiger partial charge in [0.1, 0.15) is 0 Å². The van der Waals surface area contributed by atoms with Gasteiger partial charge in [0.15, 0.2) is 0 Å². The summed E-state index contributed by atoms with van der Waals surface area (Å²) in [5.74, 6) is 0.597. The Labute approximate surface area is 147 Å². The number of carbonyl (C=O) groups is 1. The number of pyridine rings is 1. The third-order valence-electron chi connectivity index (χ3n) is 5.97. The SMILES string of the molecule is Cc1noc2nc(C3CC3)cc(C(=O)N3CCC(N4CCCC4)C3)c12. The monoisotopic (exact) mass is 340 g/mol. The molecule has 3 aliphatic rings. The topological polar surface area (TPSA) is 62.5 Å². The van der Waals surface area contributed by atoms with Crippen LogP contribution in [0.3, 0.4) is 0 Å². The quantitative estimate of drug-likeness (QED) is 0.860. The lowest BCUT2D eigenvalue weighted by Gasteiger charge is -2.23. The van der Waals surface area contributed by atoms with Gasteiger partial charge < -0.3 is 9.42 Å². The van der Waals surface area contributed by atoms with E-state index in [0.717, 1.165) is 54.7 Å². The Morgan fingerprint density at radius 1 is 1.20 bits per heavy atom. The molecule has 1 atom stereocenters. The number of amides is 1. The van der Waals surface area contributed by atoms with Crippen molar-refractivity contribution in [2.75, 3.05) is 26.2 Å². The van der Waals surface area contributed by atoms with E-state index in [1.54, 1.807) is 0 Å². The van der Waals surface area contributed by atoms with Gasteiger partial charge in [0.05, 0.1) is 16.6 Å². The van der Waals surface area contributed by atoms with E-state index in [9.17, 15) is 4.79 Å². The van der Waals surface area contributed by atoms with Crippen LogP contribution in [0.15, 0.2) is 10.6 Å². The van der Waals surface area contributed by atoms with E-state index in [0.29, 0.717) is 17.7 Å². The van der Waals surface area contributed by atoms with E-state index >= 15 is 0 Å². The highest BCUT2D eigenvalue weighted by Crippen LogP contribution is 2.40. The zero-order chi connectivity index (χ0) is 17.0. The maximum Gasteiger partial charge on any atom is 0.259 e. The molecule has 0 spiro atoms. The normalized spacial score (nSPS) is 24.5. The Kier molecular flexibility index (Phi) is 3.55. The smallest absolute Gasteiger partial charge is 0.259 e. The summed E-state index contributed by atoms with van der Waals surface area (Å²) < 4.78 is 5.38. The third-order valence-corrected chi connectivity index (χ3v) is 5.97. The van der Waals surface area contributed by atoms with Crippen molar-refractivity contribution >= 4 is 17.0 Å². The summed E-state index contributed by atoms with van der Waals surface area (Å²) in [6, 6.07) is 2.52. The number of nitrogens with zero attached hydrogens (tertiary/aromatic N) is 4. The lowest BCUT2D eigenvalue weighted by atomic mass is 10.1. The van der Waals surface area contributed by atoms with E-state index in [-0.39, 0.29) is 5.91 Å². The molecule has 0 aromatic carbocycles. The maximum absolute atomic E-state index is 13.3. The Bertz CT molecular complexity index is 820. The van der Waals surface area contributed by atoms with Crippen molar-refractivity contribution < 1.29 is 9.32 Å². The fourth-order valence-corrected chi connectivity index (χ4v) is 4.37. The van der Waals surface area contributed by atoms with E-state index in [1.165, 1.54) is 25.9 Å². The summed E-state index contributed by atoms with van der Waals surface area (Å²) in [5.41, 5.74) is 2.99. The first-order chi connectivity index (χ1) is 12.2. The molecule has 1 aliphatic carbocycles. The Hall–Kier alpha value is -1.95. The average Bonchev–Trinajstić information content (AvgIpc) is 3.03. The first kappa shape index (κ1) is 15.3. The number of rotatable bonds is 3. The molecule has 1 saturated carbocycles. The molecule has 2 aromatic rings. The van der Waals surface area contributed by atoms with Crippen molar-refractivity contribution in [3.63, 3.8) is 0 Å². The van der Waals surface area contributed by atoms with Crippen LogP contribution in [-0.4, -0.2) is 58.1 Å². The van der Waals surface area contributed by atoms with Crippen molar-refractivity contribution in [2.24, 2.45) is 0 Å². The Morgan fingerprint density at radius 2 is 2.00 bits per heavy atom. The van der Waals surface area contributed by atoms with Gasteiger partial charge in [-0.15, -0.1) is 0 Å². The summed E-state index contributed by atoms with van der Waals surface area (Å²) in [6.45, 7) is 5.93. The predicted octanol–water partition coefficient (Wildman–Crippen LogP) is 2.72. The van der Waals surface area contributed by atoms with Crippen molar-refractivity contribution in [1.82, 2.24) is 19.9 Å². The highest BCUT2D eigenvalue weighted by Gasteiger charge is 2.34. The molecule has 2 aromatic heterocycles. The first-order valence-electron chi connectivity index (χ1n) is 9.51. The number of hydrogen-bond donors (Lipinski definition) is 0. The van der Waals surface area contributed by atoms with Crippen LogP contribution in [0.4, 0.5) is 0 Å². The number of carbonyl (C=O) groups excluding carboxylic acids is 1. The van der Waals surface area contributed by atoms with Crippen LogP contribution in [0.25, 0.3) is 11.1 Å². The van der Waals surface area contributed by atoms with Crippen LogP contribution in [0.5, 0.6) is 0 Å². The van der Waals surface area contributed by atoms with Crippen molar-refractivity contribution in [1.29, 1.82) is 0 Å². The van der Waals surface area contributed by atoms with E-state index in [1.807, 2.05) is 17.9 Å². The molecule has 5 rings (SSSR count). The van der Waals surface area contributed by atoms with Crippen LogP contribution in [0.2, 0.25) is 0 Å². The highest BCUT2D eigenvalue weighted by molar-refractivity contribution is 6.06. The van der Waals surface area contributed by atoms with E-state index in [4.69, 9.17) is 4.52 Å². The first-order valence-corrected chi connectivity index (χ1v) is 9.51. The van der Waals surface area contributed by atoms with Crippen LogP contribution < -0.4 is 0 Å². The number of fused-ring (bicyclic) bond motifs is 1. The van der Waals surface area contributed by atoms with Gasteiger partial charge in [-0.2, -0.15) is 0 Å². The molecule has 0 radical (unpaired) electrons. The molecular weight excluding hydrogens is 316 g/mol. The second kappa shape index (κ2) is 5.80. The van der Waals surface area contributed by atoms with Crippen molar-refractivity contribution in [3.8, 4) is 0 Å². The molecule has 6 nitrogen and oxygen atoms in total. The number of likely N-dealkylation sites (tertiary alicyclic amines) is 2. The maximum atomic E-state index is 13.3. The molecule has 132 valence electrons. The molecule has 3 fully saturated rings. The molecule has 6 heteroatoms. The molecule has 1 amide bonds. The van der Waals surface area contributed by atoms with Crippen LogP contribution >= 0.6 is 0 Å². The predicted molar refractivity (Wildman–Crippen MR) is 93.6 cm³/mol. The fraction of sp³-hybridized carbons (Fsp3) is 0.632. The van der Waals surface area contributed by atoms with Crippen molar-refractivity contribution in [3.05, 3.63) is 23.0 Å². The summed E-state index contributed by atoms with van der Waals surface area (Å²) in [7, 11) is 0. The van der Waals surface area contributed by atoms with Gasteiger partial charge in [0, 0.05) is 30.7 Å². The molecule has 0 N–H and O–H groups in total. The number of aryl methyl sites for hydroxylation is 1. The van der Waals surface area contributed by atoms with E-state index < -0.39 is 0 Å². The summed E-state index contributed by atoms with van der Waals surface area (Å²) >= 11 is 0. The number of aromatic nitrogens is 2. The minimum Gasteiger partial charge on any atom is -0.337 e. The van der Waals surface area contributed by atoms with Gasteiger partial charge in [0.2, 0.25) is 0 Å².